The number of allylic oxidation sites excluding steroid dienone is 1. The number of nitrogens with zero attached hydrogens (tertiary/aromatic N) is 2. The fourth-order valence-corrected chi connectivity index (χ4v) is 4.77. The molecule has 226 valence electrons. The summed E-state index contributed by atoms with van der Waals surface area (Å²) in [5, 5.41) is 9.10. The summed E-state index contributed by atoms with van der Waals surface area (Å²) in [4.78, 5) is 56.1. The molecule has 0 spiro atoms. The molecule has 0 radical (unpaired) electrons. The zero-order valence-corrected chi connectivity index (χ0v) is 25.3. The number of fused-ring (bicyclic) bond motifs is 1. The predicted molar refractivity (Wildman–Crippen MR) is 163 cm³/mol. The molecule has 1 aromatic heterocycles. The smallest absolute Gasteiger partial charge is 0.313 e. The molecule has 0 bridgehead atoms. The summed E-state index contributed by atoms with van der Waals surface area (Å²) in [6.07, 6.45) is 7.06. The summed E-state index contributed by atoms with van der Waals surface area (Å²) in [7, 11) is 0. The van der Waals surface area contributed by atoms with Crippen molar-refractivity contribution in [2.45, 2.75) is 78.6 Å². The second-order valence-corrected chi connectivity index (χ2v) is 11.1. The van der Waals surface area contributed by atoms with Crippen LogP contribution in [0.15, 0.2) is 49.2 Å². The first kappa shape index (κ1) is 32.5. The monoisotopic (exact) mass is 577 g/mol. The van der Waals surface area contributed by atoms with Crippen molar-refractivity contribution in [1.82, 2.24) is 26.1 Å². The Kier molecular flexibility index (Phi) is 11.4. The first-order valence-electron chi connectivity index (χ1n) is 14.5. The number of hydrogen-bond acceptors (Lipinski definition) is 7. The van der Waals surface area contributed by atoms with Crippen LogP contribution in [0.4, 0.5) is 0 Å². The van der Waals surface area contributed by atoms with Crippen LogP contribution in [0.3, 0.4) is 0 Å². The summed E-state index contributed by atoms with van der Waals surface area (Å²) < 4.78 is 5.47. The highest BCUT2D eigenvalue weighted by atomic mass is 16.5. The van der Waals surface area contributed by atoms with Crippen molar-refractivity contribution in [3.63, 3.8) is 0 Å². The van der Waals surface area contributed by atoms with Gasteiger partial charge in [-0.05, 0) is 75.6 Å². The molecule has 3 amide bonds. The topological polar surface area (TPSA) is 130 Å². The number of nitrogens with one attached hydrogen (secondary N) is 3. The van der Waals surface area contributed by atoms with Crippen LogP contribution in [0, 0.1) is 11.8 Å². The Morgan fingerprint density at radius 3 is 2.50 bits per heavy atom. The molecule has 3 N–H and O–H groups in total. The van der Waals surface area contributed by atoms with E-state index in [1.165, 1.54) is 5.01 Å². The van der Waals surface area contributed by atoms with Crippen LogP contribution in [-0.2, 0) is 23.9 Å². The number of rotatable bonds is 11. The highest BCUT2D eigenvalue weighted by Crippen LogP contribution is 2.22. The second kappa shape index (κ2) is 14.7. The summed E-state index contributed by atoms with van der Waals surface area (Å²) in [5.74, 6) is -2.44. The number of carbonyl (C=O) groups excluding carboxylic acids is 4. The Balaban J connectivity index is 1.59. The molecule has 1 aliphatic heterocycles. The molecule has 0 saturated carbocycles. The molecule has 2 unspecified atom stereocenters. The average molecular weight is 578 g/mol. The van der Waals surface area contributed by atoms with Crippen molar-refractivity contribution in [3.05, 3.63) is 60.5 Å². The summed E-state index contributed by atoms with van der Waals surface area (Å²) in [6, 6.07) is 6.12. The van der Waals surface area contributed by atoms with Crippen molar-refractivity contribution in [2.75, 3.05) is 6.54 Å². The molecular weight excluding hydrogens is 534 g/mol. The third-order valence-electron chi connectivity index (χ3n) is 7.29. The molecule has 10 nitrogen and oxygen atoms in total. The minimum Gasteiger partial charge on any atom is -0.452 e. The highest BCUT2D eigenvalue weighted by Gasteiger charge is 2.34. The number of aromatic nitrogens is 1. The Morgan fingerprint density at radius 1 is 1.10 bits per heavy atom. The van der Waals surface area contributed by atoms with Crippen molar-refractivity contribution >= 4 is 40.5 Å². The van der Waals surface area contributed by atoms with E-state index < -0.39 is 36.0 Å². The fourth-order valence-electron chi connectivity index (χ4n) is 4.77. The van der Waals surface area contributed by atoms with E-state index in [1.54, 1.807) is 59.0 Å². The highest BCUT2D eigenvalue weighted by molar-refractivity contribution is 5.91. The first-order chi connectivity index (χ1) is 19.9. The van der Waals surface area contributed by atoms with Gasteiger partial charge in [-0.3, -0.25) is 29.2 Å². The van der Waals surface area contributed by atoms with Gasteiger partial charge in [0.2, 0.25) is 5.91 Å². The summed E-state index contributed by atoms with van der Waals surface area (Å²) >= 11 is 0. The number of carbonyl (C=O) groups is 4. The van der Waals surface area contributed by atoms with Crippen molar-refractivity contribution in [3.8, 4) is 0 Å². The van der Waals surface area contributed by atoms with E-state index in [-0.39, 0.29) is 23.8 Å². The van der Waals surface area contributed by atoms with E-state index in [9.17, 15) is 19.2 Å². The molecule has 2 heterocycles. The largest absolute Gasteiger partial charge is 0.452 e. The van der Waals surface area contributed by atoms with Gasteiger partial charge >= 0.3 is 5.97 Å². The lowest BCUT2D eigenvalue weighted by Crippen LogP contribution is -2.61. The third-order valence-corrected chi connectivity index (χ3v) is 7.29. The van der Waals surface area contributed by atoms with Crippen LogP contribution in [0.25, 0.3) is 16.8 Å². The zero-order chi connectivity index (χ0) is 31.0. The maximum atomic E-state index is 13.2. The van der Waals surface area contributed by atoms with Crippen LogP contribution >= 0.6 is 0 Å². The molecule has 0 aliphatic carbocycles. The quantitative estimate of drug-likeness (QED) is 0.273. The van der Waals surface area contributed by atoms with Gasteiger partial charge in [-0.2, -0.15) is 0 Å². The Hall–Kier alpha value is -4.05. The van der Waals surface area contributed by atoms with Gasteiger partial charge in [-0.1, -0.05) is 44.7 Å². The second-order valence-electron chi connectivity index (χ2n) is 11.1. The maximum Gasteiger partial charge on any atom is 0.313 e. The number of hydrogen-bond donors (Lipinski definition) is 3. The van der Waals surface area contributed by atoms with Gasteiger partial charge in [0.05, 0.1) is 17.7 Å². The number of benzene rings is 1. The van der Waals surface area contributed by atoms with Crippen molar-refractivity contribution in [2.24, 2.45) is 11.8 Å². The maximum absolute atomic E-state index is 13.2. The summed E-state index contributed by atoms with van der Waals surface area (Å²) in [6.45, 7) is 14.7. The average Bonchev–Trinajstić information content (AvgIpc) is 2.98. The third kappa shape index (κ3) is 8.25. The van der Waals surface area contributed by atoms with Gasteiger partial charge in [-0.25, -0.2) is 5.43 Å². The van der Waals surface area contributed by atoms with E-state index in [0.717, 1.165) is 22.0 Å². The molecule has 1 aliphatic rings. The molecule has 10 heteroatoms. The molecule has 42 heavy (non-hydrogen) atoms. The molecule has 5 atom stereocenters. The SMILES string of the molecule is C=Cc1cc2cc([C@@H](C)NC(=O)[C@@H]3CCCN(C(=O)[C@H](C)NC(=O)C(OC(=O)C(C)/C=C/C)C(C)C)N3)ccc2cn1. The minimum atomic E-state index is -1.04. The number of pyridine rings is 1. The molecular formula is C32H43N5O5. The van der Waals surface area contributed by atoms with Gasteiger partial charge in [-0.15, -0.1) is 0 Å². The normalized spacial score (nSPS) is 18.3. The Labute approximate surface area is 247 Å². The lowest BCUT2D eigenvalue weighted by molar-refractivity contribution is -0.161. The van der Waals surface area contributed by atoms with Crippen LogP contribution in [0.1, 0.15) is 71.7 Å². The van der Waals surface area contributed by atoms with Gasteiger partial charge in [0, 0.05) is 18.1 Å². The molecule has 3 rings (SSSR count). The molecule has 1 fully saturated rings. The lowest BCUT2D eigenvalue weighted by Gasteiger charge is -2.35. The molecule has 2 aromatic rings. The number of amides is 3. The Morgan fingerprint density at radius 2 is 1.83 bits per heavy atom. The van der Waals surface area contributed by atoms with Gasteiger partial charge in [0.1, 0.15) is 12.1 Å². The first-order valence-corrected chi connectivity index (χ1v) is 14.5. The van der Waals surface area contributed by atoms with Gasteiger partial charge in [0.15, 0.2) is 6.10 Å². The van der Waals surface area contributed by atoms with E-state index in [0.29, 0.717) is 19.4 Å². The number of ether oxygens (including phenoxy) is 1. The van der Waals surface area contributed by atoms with Crippen molar-refractivity contribution in [1.29, 1.82) is 0 Å². The number of hydrazine groups is 1. The van der Waals surface area contributed by atoms with Gasteiger partial charge < -0.3 is 15.4 Å². The van der Waals surface area contributed by atoms with Crippen LogP contribution < -0.4 is 16.1 Å². The Bertz CT molecular complexity index is 1340. The van der Waals surface area contributed by atoms with Crippen molar-refractivity contribution < 1.29 is 23.9 Å². The standard InChI is InChI=1S/C32H43N5O5/c1-8-11-20(5)32(41)42-28(19(3)4)30(39)35-22(7)31(40)37-15-10-12-27(36-37)29(38)34-21(6)23-13-14-24-18-33-26(9-2)17-25(24)16-23/h8-9,11,13-14,16-22,27-28,36H,2,10,12,15H2,1,3-7H3,(H,34,38)(H,35,39)/b11-8+/t20?,21-,22+,27+,28?/m1/s1. The van der Waals surface area contributed by atoms with Crippen LogP contribution in [0.2, 0.25) is 0 Å². The zero-order valence-electron chi connectivity index (χ0n) is 25.3. The molecule has 1 saturated heterocycles. The fraction of sp³-hybridized carbons (Fsp3) is 0.469. The minimum absolute atomic E-state index is 0.222. The lowest BCUT2D eigenvalue weighted by atomic mass is 10.0. The van der Waals surface area contributed by atoms with Crippen LogP contribution in [0.5, 0.6) is 0 Å². The predicted octanol–water partition coefficient (Wildman–Crippen LogP) is 3.84. The van der Waals surface area contributed by atoms with Crippen LogP contribution in [-0.4, -0.2) is 58.4 Å². The van der Waals surface area contributed by atoms with E-state index in [2.05, 4.69) is 27.6 Å². The van der Waals surface area contributed by atoms with E-state index >= 15 is 0 Å². The van der Waals surface area contributed by atoms with E-state index in [4.69, 9.17) is 4.74 Å². The van der Waals surface area contributed by atoms with Gasteiger partial charge in [0.25, 0.3) is 11.8 Å². The van der Waals surface area contributed by atoms with E-state index in [1.807, 2.05) is 31.2 Å². The molecule has 1 aromatic carbocycles. The summed E-state index contributed by atoms with van der Waals surface area (Å²) in [5.41, 5.74) is 4.75. The number of esters is 1.